The molecule has 1 aliphatic carbocycles. The Labute approximate surface area is 114 Å². The molecule has 1 heterocycles. The van der Waals surface area contributed by atoms with Gasteiger partial charge in [0.25, 0.3) is 0 Å². The number of carboxylic acids is 1. The Morgan fingerprint density at radius 1 is 1.37 bits per heavy atom. The molecule has 5 nitrogen and oxygen atoms in total. The van der Waals surface area contributed by atoms with E-state index in [-0.39, 0.29) is 24.0 Å². The summed E-state index contributed by atoms with van der Waals surface area (Å²) in [5, 5.41) is 12.0. The maximum atomic E-state index is 12.2. The summed E-state index contributed by atoms with van der Waals surface area (Å²) in [5.74, 6) is -0.248. The first-order valence-electron chi connectivity index (χ1n) is 7.27. The van der Waals surface area contributed by atoms with Crippen molar-refractivity contribution in [3.8, 4) is 0 Å². The molecular weight excluding hydrogens is 244 g/mol. The molecule has 1 saturated heterocycles. The molecule has 1 saturated carbocycles. The van der Waals surface area contributed by atoms with E-state index in [4.69, 9.17) is 5.11 Å². The first kappa shape index (κ1) is 14.2. The second-order valence-corrected chi connectivity index (χ2v) is 6.13. The van der Waals surface area contributed by atoms with Crippen molar-refractivity contribution in [2.45, 2.75) is 58.0 Å². The molecule has 2 amide bonds. The molecule has 2 aliphatic rings. The van der Waals surface area contributed by atoms with Gasteiger partial charge in [0.2, 0.25) is 0 Å². The van der Waals surface area contributed by atoms with E-state index in [0.29, 0.717) is 19.4 Å². The lowest BCUT2D eigenvalue weighted by atomic mass is 9.92. The Balaban J connectivity index is 1.80. The summed E-state index contributed by atoms with van der Waals surface area (Å²) in [7, 11) is 0. The van der Waals surface area contributed by atoms with Crippen LogP contribution in [-0.2, 0) is 4.79 Å². The molecule has 3 atom stereocenters. The van der Waals surface area contributed by atoms with Crippen LogP contribution in [0.5, 0.6) is 0 Å². The number of nitrogens with zero attached hydrogens (tertiary/aromatic N) is 1. The van der Waals surface area contributed by atoms with Crippen LogP contribution in [0, 0.1) is 11.8 Å². The van der Waals surface area contributed by atoms with Crippen LogP contribution in [0.3, 0.4) is 0 Å². The molecule has 108 valence electrons. The first-order valence-corrected chi connectivity index (χ1v) is 7.27. The smallest absolute Gasteiger partial charge is 0.317 e. The number of hydrogen-bond donors (Lipinski definition) is 2. The molecular formula is C14H24N2O3. The number of hydrogen-bond acceptors (Lipinski definition) is 2. The van der Waals surface area contributed by atoms with Gasteiger partial charge in [0.15, 0.2) is 0 Å². The average molecular weight is 268 g/mol. The lowest BCUT2D eigenvalue weighted by molar-refractivity contribution is -0.143. The first-order chi connectivity index (χ1) is 8.97. The van der Waals surface area contributed by atoms with Gasteiger partial charge < -0.3 is 15.3 Å². The Kier molecular flexibility index (Phi) is 4.32. The van der Waals surface area contributed by atoms with Crippen molar-refractivity contribution in [3.05, 3.63) is 0 Å². The minimum Gasteiger partial charge on any atom is -0.481 e. The summed E-state index contributed by atoms with van der Waals surface area (Å²) in [5.41, 5.74) is 0. The number of nitrogens with one attached hydrogen (secondary N) is 1. The predicted octanol–water partition coefficient (Wildman–Crippen LogP) is 2.07. The Morgan fingerprint density at radius 2 is 2.05 bits per heavy atom. The molecule has 1 aliphatic heterocycles. The second-order valence-electron chi connectivity index (χ2n) is 6.13. The highest BCUT2D eigenvalue weighted by Gasteiger charge is 2.33. The maximum absolute atomic E-state index is 12.2. The molecule has 0 aromatic carbocycles. The minimum atomic E-state index is -0.742. The van der Waals surface area contributed by atoms with Crippen molar-refractivity contribution in [2.75, 3.05) is 6.54 Å². The number of carbonyl (C=O) groups is 2. The van der Waals surface area contributed by atoms with Crippen molar-refractivity contribution >= 4 is 12.0 Å². The fourth-order valence-electron chi connectivity index (χ4n) is 2.90. The third-order valence-corrected chi connectivity index (χ3v) is 4.24. The van der Waals surface area contributed by atoms with Crippen molar-refractivity contribution in [2.24, 2.45) is 11.8 Å². The summed E-state index contributed by atoms with van der Waals surface area (Å²) in [6.45, 7) is 4.52. The third kappa shape index (κ3) is 3.85. The van der Waals surface area contributed by atoms with E-state index < -0.39 is 5.97 Å². The predicted molar refractivity (Wildman–Crippen MR) is 71.9 cm³/mol. The topological polar surface area (TPSA) is 69.6 Å². The van der Waals surface area contributed by atoms with Gasteiger partial charge >= 0.3 is 12.0 Å². The standard InChI is InChI=1S/C14H24N2O3/c1-9(7-11-3-4-11)15-14(19)16-6-5-12(13(17)18)8-10(16)2/h9-12H,3-8H2,1-2H3,(H,15,19)(H,17,18). The van der Waals surface area contributed by atoms with E-state index in [1.54, 1.807) is 4.90 Å². The van der Waals surface area contributed by atoms with Crippen LogP contribution < -0.4 is 5.32 Å². The number of urea groups is 1. The highest BCUT2D eigenvalue weighted by molar-refractivity contribution is 5.76. The van der Waals surface area contributed by atoms with E-state index in [2.05, 4.69) is 5.32 Å². The van der Waals surface area contributed by atoms with Crippen LogP contribution >= 0.6 is 0 Å². The summed E-state index contributed by atoms with van der Waals surface area (Å²) in [6.07, 6.45) is 4.76. The van der Waals surface area contributed by atoms with Crippen LogP contribution in [0.25, 0.3) is 0 Å². The van der Waals surface area contributed by atoms with Crippen molar-refractivity contribution < 1.29 is 14.7 Å². The summed E-state index contributed by atoms with van der Waals surface area (Å²) in [6, 6.07) is 0.178. The lowest BCUT2D eigenvalue weighted by Gasteiger charge is -2.36. The number of likely N-dealkylation sites (tertiary alicyclic amines) is 1. The van der Waals surface area contributed by atoms with E-state index in [1.807, 2.05) is 13.8 Å². The molecule has 2 N–H and O–H groups in total. The average Bonchev–Trinajstić information content (AvgIpc) is 3.12. The Morgan fingerprint density at radius 3 is 2.58 bits per heavy atom. The fraction of sp³-hybridized carbons (Fsp3) is 0.857. The van der Waals surface area contributed by atoms with Gasteiger partial charge in [-0.2, -0.15) is 0 Å². The number of rotatable bonds is 4. The lowest BCUT2D eigenvalue weighted by Crippen LogP contribution is -2.52. The van der Waals surface area contributed by atoms with Gasteiger partial charge in [-0.05, 0) is 39.0 Å². The number of aliphatic carboxylic acids is 1. The van der Waals surface area contributed by atoms with Gasteiger partial charge in [0, 0.05) is 18.6 Å². The van der Waals surface area contributed by atoms with Crippen LogP contribution in [0.15, 0.2) is 0 Å². The van der Waals surface area contributed by atoms with E-state index in [1.165, 1.54) is 12.8 Å². The van der Waals surface area contributed by atoms with E-state index in [9.17, 15) is 9.59 Å². The summed E-state index contributed by atoms with van der Waals surface area (Å²) >= 11 is 0. The van der Waals surface area contributed by atoms with Gasteiger partial charge in [-0.25, -0.2) is 4.79 Å². The molecule has 19 heavy (non-hydrogen) atoms. The normalized spacial score (nSPS) is 28.8. The fourth-order valence-corrected chi connectivity index (χ4v) is 2.90. The highest BCUT2D eigenvalue weighted by atomic mass is 16.4. The molecule has 3 unspecified atom stereocenters. The molecule has 0 bridgehead atoms. The second kappa shape index (κ2) is 5.80. The molecule has 0 spiro atoms. The van der Waals surface area contributed by atoms with Crippen LogP contribution in [0.2, 0.25) is 0 Å². The van der Waals surface area contributed by atoms with Crippen LogP contribution in [0.1, 0.15) is 46.0 Å². The largest absolute Gasteiger partial charge is 0.481 e. The number of carboxylic acid groups (broad SMARTS) is 1. The summed E-state index contributed by atoms with van der Waals surface area (Å²) < 4.78 is 0. The van der Waals surface area contributed by atoms with Gasteiger partial charge in [0.1, 0.15) is 0 Å². The molecule has 5 heteroatoms. The van der Waals surface area contributed by atoms with Gasteiger partial charge in [-0.3, -0.25) is 4.79 Å². The maximum Gasteiger partial charge on any atom is 0.317 e. The highest BCUT2D eigenvalue weighted by Crippen LogP contribution is 2.33. The molecule has 0 aromatic heterocycles. The zero-order chi connectivity index (χ0) is 14.0. The zero-order valence-corrected chi connectivity index (χ0v) is 11.8. The molecule has 0 radical (unpaired) electrons. The van der Waals surface area contributed by atoms with E-state index >= 15 is 0 Å². The van der Waals surface area contributed by atoms with Crippen LogP contribution in [0.4, 0.5) is 4.79 Å². The number of piperidine rings is 1. The van der Waals surface area contributed by atoms with Gasteiger partial charge in [-0.15, -0.1) is 0 Å². The zero-order valence-electron chi connectivity index (χ0n) is 11.8. The Hall–Kier alpha value is -1.26. The van der Waals surface area contributed by atoms with Crippen molar-refractivity contribution in [1.82, 2.24) is 10.2 Å². The van der Waals surface area contributed by atoms with Crippen molar-refractivity contribution in [1.29, 1.82) is 0 Å². The molecule has 0 aromatic rings. The van der Waals surface area contributed by atoms with Gasteiger partial charge in [-0.1, -0.05) is 12.8 Å². The van der Waals surface area contributed by atoms with E-state index in [0.717, 1.165) is 12.3 Å². The van der Waals surface area contributed by atoms with Gasteiger partial charge in [0.05, 0.1) is 5.92 Å². The Bertz CT molecular complexity index is 355. The number of amides is 2. The third-order valence-electron chi connectivity index (χ3n) is 4.24. The SMILES string of the molecule is CC(CC1CC1)NC(=O)N1CCC(C(=O)O)CC1C. The molecule has 2 fully saturated rings. The molecule has 2 rings (SSSR count). The van der Waals surface area contributed by atoms with Crippen LogP contribution in [-0.4, -0.2) is 40.6 Å². The minimum absolute atomic E-state index is 0.00275. The quantitative estimate of drug-likeness (QED) is 0.820. The number of carbonyl (C=O) groups excluding carboxylic acids is 1. The van der Waals surface area contributed by atoms with Crippen molar-refractivity contribution in [3.63, 3.8) is 0 Å². The monoisotopic (exact) mass is 268 g/mol. The summed E-state index contributed by atoms with van der Waals surface area (Å²) in [4.78, 5) is 24.9.